The molecule has 1 atom stereocenters. The molecule has 2 aliphatic rings. The van der Waals surface area contributed by atoms with Crippen molar-refractivity contribution in [3.05, 3.63) is 29.6 Å². The van der Waals surface area contributed by atoms with Gasteiger partial charge in [-0.05, 0) is 50.0 Å². The number of carbonyl (C=O) groups excluding carboxylic acids is 2. The van der Waals surface area contributed by atoms with Gasteiger partial charge < -0.3 is 9.64 Å². The minimum atomic E-state index is -0.735. The molecule has 3 rings (SSSR count). The van der Waals surface area contributed by atoms with Gasteiger partial charge in [-0.1, -0.05) is 13.0 Å². The molecular formula is C18H23FN2O3. The number of likely N-dealkylation sites (tertiary alicyclic amines) is 1. The van der Waals surface area contributed by atoms with Gasteiger partial charge in [-0.25, -0.2) is 4.39 Å². The zero-order valence-corrected chi connectivity index (χ0v) is 13.9. The number of rotatable bonds is 4. The summed E-state index contributed by atoms with van der Waals surface area (Å²) in [6.07, 6.45) is 1.74. The third-order valence-electron chi connectivity index (χ3n) is 4.91. The van der Waals surface area contributed by atoms with Crippen LogP contribution in [0.5, 0.6) is 5.75 Å². The quantitative estimate of drug-likeness (QED) is 0.858. The Morgan fingerprint density at radius 1 is 1.25 bits per heavy atom. The van der Waals surface area contributed by atoms with E-state index in [1.54, 1.807) is 12.1 Å². The molecular weight excluding hydrogens is 311 g/mol. The Balaban J connectivity index is 1.64. The summed E-state index contributed by atoms with van der Waals surface area (Å²) in [7, 11) is 0. The van der Waals surface area contributed by atoms with Crippen molar-refractivity contribution in [3.63, 3.8) is 0 Å². The summed E-state index contributed by atoms with van der Waals surface area (Å²) in [6, 6.07) is 4.84. The van der Waals surface area contributed by atoms with E-state index in [9.17, 15) is 14.0 Å². The van der Waals surface area contributed by atoms with Crippen LogP contribution < -0.4 is 10.1 Å². The number of amides is 2. The molecule has 2 fully saturated rings. The van der Waals surface area contributed by atoms with E-state index >= 15 is 0 Å². The van der Waals surface area contributed by atoms with Crippen LogP contribution in [0.2, 0.25) is 0 Å². The van der Waals surface area contributed by atoms with Gasteiger partial charge in [-0.15, -0.1) is 0 Å². The van der Waals surface area contributed by atoms with Crippen molar-refractivity contribution in [2.24, 2.45) is 0 Å². The zero-order chi connectivity index (χ0) is 17.1. The molecule has 0 radical (unpaired) electrons. The summed E-state index contributed by atoms with van der Waals surface area (Å²) in [5.41, 5.74) is 0.723. The van der Waals surface area contributed by atoms with Gasteiger partial charge in [-0.3, -0.25) is 14.9 Å². The average molecular weight is 334 g/mol. The molecule has 24 heavy (non-hydrogen) atoms. The van der Waals surface area contributed by atoms with E-state index in [2.05, 4.69) is 17.1 Å². The highest BCUT2D eigenvalue weighted by atomic mass is 19.1. The minimum Gasteiger partial charge on any atom is -0.480 e. The van der Waals surface area contributed by atoms with Gasteiger partial charge in [0.05, 0.1) is 0 Å². The van der Waals surface area contributed by atoms with Crippen LogP contribution in [0.4, 0.5) is 4.39 Å². The molecule has 0 aliphatic carbocycles. The molecule has 1 unspecified atom stereocenters. The molecule has 2 saturated heterocycles. The van der Waals surface area contributed by atoms with Gasteiger partial charge >= 0.3 is 0 Å². The predicted molar refractivity (Wildman–Crippen MR) is 87.3 cm³/mol. The van der Waals surface area contributed by atoms with E-state index in [-0.39, 0.29) is 24.1 Å². The number of ether oxygens (including phenoxy) is 1. The first-order valence-electron chi connectivity index (χ1n) is 8.59. The van der Waals surface area contributed by atoms with Crippen LogP contribution >= 0.6 is 0 Å². The third kappa shape index (κ3) is 3.75. The Hall–Kier alpha value is -1.95. The van der Waals surface area contributed by atoms with E-state index < -0.39 is 12.0 Å². The number of halogens is 1. The number of carbonyl (C=O) groups is 2. The number of hydrogen-bond donors (Lipinski definition) is 1. The van der Waals surface area contributed by atoms with Gasteiger partial charge in [0.1, 0.15) is 11.6 Å². The van der Waals surface area contributed by atoms with Crippen molar-refractivity contribution in [2.75, 3.05) is 19.6 Å². The van der Waals surface area contributed by atoms with Crippen LogP contribution in [-0.2, 0) is 9.59 Å². The van der Waals surface area contributed by atoms with E-state index in [0.717, 1.165) is 38.0 Å². The molecule has 0 aromatic heterocycles. The highest BCUT2D eigenvalue weighted by molar-refractivity contribution is 5.99. The number of imide groups is 1. The predicted octanol–water partition coefficient (Wildman–Crippen LogP) is 2.21. The third-order valence-corrected chi connectivity index (χ3v) is 4.91. The Kier molecular flexibility index (Phi) is 5.14. The van der Waals surface area contributed by atoms with Gasteiger partial charge in [-0.2, -0.15) is 0 Å². The maximum atomic E-state index is 14.5. The largest absolute Gasteiger partial charge is 0.480 e. The van der Waals surface area contributed by atoms with Gasteiger partial charge in [0.25, 0.3) is 5.91 Å². The second kappa shape index (κ2) is 7.30. The Morgan fingerprint density at radius 2 is 2.00 bits per heavy atom. The van der Waals surface area contributed by atoms with Crippen LogP contribution in [0.15, 0.2) is 18.2 Å². The van der Waals surface area contributed by atoms with E-state index in [4.69, 9.17) is 4.74 Å². The van der Waals surface area contributed by atoms with E-state index in [1.807, 2.05) is 0 Å². The second-order valence-corrected chi connectivity index (χ2v) is 6.45. The molecule has 0 spiro atoms. The van der Waals surface area contributed by atoms with Gasteiger partial charge in [0, 0.05) is 18.9 Å². The number of hydrogen-bond acceptors (Lipinski definition) is 4. The summed E-state index contributed by atoms with van der Waals surface area (Å²) < 4.78 is 20.0. The second-order valence-electron chi connectivity index (χ2n) is 6.45. The summed E-state index contributed by atoms with van der Waals surface area (Å²) in [5.74, 6) is -0.466. The van der Waals surface area contributed by atoms with Gasteiger partial charge in [0.2, 0.25) is 5.91 Å². The molecule has 1 N–H and O–H groups in total. The SMILES string of the molecule is CCN1CCC(c2ccc(OC3CCC(=O)NC3=O)cc2F)CC1. The number of piperidine rings is 2. The molecule has 2 amide bonds. The zero-order valence-electron chi connectivity index (χ0n) is 13.9. The minimum absolute atomic E-state index is 0.234. The van der Waals surface area contributed by atoms with Crippen molar-refractivity contribution in [1.29, 1.82) is 0 Å². The lowest BCUT2D eigenvalue weighted by molar-refractivity contribution is -0.138. The Bertz CT molecular complexity index is 627. The van der Waals surface area contributed by atoms with E-state index in [0.29, 0.717) is 12.2 Å². The van der Waals surface area contributed by atoms with E-state index in [1.165, 1.54) is 6.07 Å². The fourth-order valence-corrected chi connectivity index (χ4v) is 3.42. The molecule has 0 saturated carbocycles. The molecule has 1 aromatic carbocycles. The molecule has 5 nitrogen and oxygen atoms in total. The number of nitrogens with one attached hydrogen (secondary N) is 1. The fourth-order valence-electron chi connectivity index (χ4n) is 3.42. The first-order chi connectivity index (χ1) is 11.6. The summed E-state index contributed by atoms with van der Waals surface area (Å²) >= 11 is 0. The monoisotopic (exact) mass is 334 g/mol. The van der Waals surface area contributed by atoms with Gasteiger partial charge in [0.15, 0.2) is 6.10 Å². The molecule has 6 heteroatoms. The van der Waals surface area contributed by atoms with Crippen LogP contribution in [0.3, 0.4) is 0 Å². The summed E-state index contributed by atoms with van der Waals surface area (Å²) in [4.78, 5) is 25.2. The van der Waals surface area contributed by atoms with Crippen LogP contribution in [-0.4, -0.2) is 42.5 Å². The van der Waals surface area contributed by atoms with Crippen molar-refractivity contribution >= 4 is 11.8 Å². The lowest BCUT2D eigenvalue weighted by atomic mass is 9.89. The first-order valence-corrected chi connectivity index (χ1v) is 8.59. The normalized spacial score (nSPS) is 23.2. The number of nitrogens with zero attached hydrogens (tertiary/aromatic N) is 1. The highest BCUT2D eigenvalue weighted by Gasteiger charge is 2.29. The molecule has 0 bridgehead atoms. The van der Waals surface area contributed by atoms with Crippen molar-refractivity contribution < 1.29 is 18.7 Å². The Labute approximate surface area is 141 Å². The van der Waals surface area contributed by atoms with Crippen molar-refractivity contribution in [1.82, 2.24) is 10.2 Å². The van der Waals surface area contributed by atoms with Crippen LogP contribution in [0.25, 0.3) is 0 Å². The van der Waals surface area contributed by atoms with Crippen molar-refractivity contribution in [3.8, 4) is 5.75 Å². The highest BCUT2D eigenvalue weighted by Crippen LogP contribution is 2.31. The maximum absolute atomic E-state index is 14.5. The smallest absolute Gasteiger partial charge is 0.267 e. The lowest BCUT2D eigenvalue weighted by Crippen LogP contribution is -2.46. The Morgan fingerprint density at radius 3 is 2.62 bits per heavy atom. The summed E-state index contributed by atoms with van der Waals surface area (Å²) in [6.45, 7) is 5.17. The van der Waals surface area contributed by atoms with Crippen molar-refractivity contribution in [2.45, 2.75) is 44.6 Å². The van der Waals surface area contributed by atoms with Crippen LogP contribution in [0.1, 0.15) is 44.1 Å². The van der Waals surface area contributed by atoms with Crippen LogP contribution in [0, 0.1) is 5.82 Å². The average Bonchev–Trinajstić information content (AvgIpc) is 2.58. The molecule has 2 heterocycles. The number of benzene rings is 1. The topological polar surface area (TPSA) is 58.6 Å². The molecule has 130 valence electrons. The molecule has 2 aliphatic heterocycles. The standard InChI is InChI=1S/C18H23FN2O3/c1-2-21-9-7-12(8-10-21)14-4-3-13(11-15(14)19)24-16-5-6-17(22)20-18(16)23/h3-4,11-12,16H,2,5-10H2,1H3,(H,20,22,23). The summed E-state index contributed by atoms with van der Waals surface area (Å²) in [5, 5.41) is 2.24. The maximum Gasteiger partial charge on any atom is 0.267 e. The lowest BCUT2D eigenvalue weighted by Gasteiger charge is -2.31. The fraction of sp³-hybridized carbons (Fsp3) is 0.556. The first kappa shape index (κ1) is 16.9. The molecule has 1 aromatic rings.